The monoisotopic (exact) mass is 277 g/mol. The molecule has 0 aliphatic rings. The molecule has 0 aliphatic heterocycles. The largest absolute Gasteiger partial charge is 0.495 e. The van der Waals surface area contributed by atoms with Crippen LogP contribution in [0.1, 0.15) is 29.7 Å². The number of methoxy groups -OCH3 is 1. The van der Waals surface area contributed by atoms with Gasteiger partial charge < -0.3 is 9.84 Å². The number of aryl methyl sites for hydroxylation is 1. The lowest BCUT2D eigenvalue weighted by atomic mass is 9.97. The van der Waals surface area contributed by atoms with Gasteiger partial charge in [-0.3, -0.25) is 4.98 Å². The number of benzene rings is 1. The highest BCUT2D eigenvalue weighted by Gasteiger charge is 2.15. The van der Waals surface area contributed by atoms with Crippen molar-refractivity contribution in [2.75, 3.05) is 7.11 Å². The van der Waals surface area contributed by atoms with Gasteiger partial charge >= 0.3 is 0 Å². The first-order valence-corrected chi connectivity index (χ1v) is 6.49. The number of nitrogens with zero attached hydrogens (tertiary/aromatic N) is 1. The van der Waals surface area contributed by atoms with E-state index in [1.165, 1.54) is 0 Å². The van der Waals surface area contributed by atoms with Crippen LogP contribution in [0.25, 0.3) is 0 Å². The predicted molar refractivity (Wildman–Crippen MR) is 75.7 cm³/mol. The van der Waals surface area contributed by atoms with Crippen molar-refractivity contribution in [2.24, 2.45) is 0 Å². The van der Waals surface area contributed by atoms with Gasteiger partial charge in [-0.05, 0) is 41.3 Å². The second-order valence-electron chi connectivity index (χ2n) is 4.22. The molecule has 1 aromatic heterocycles. The molecule has 2 aromatic rings. The molecule has 0 saturated carbocycles. The van der Waals surface area contributed by atoms with E-state index in [2.05, 4.69) is 4.98 Å². The first-order chi connectivity index (χ1) is 9.17. The van der Waals surface area contributed by atoms with Crippen molar-refractivity contribution in [3.8, 4) is 5.75 Å². The second kappa shape index (κ2) is 6.04. The topological polar surface area (TPSA) is 42.4 Å². The normalized spacial score (nSPS) is 12.2. The first kappa shape index (κ1) is 13.8. The zero-order chi connectivity index (χ0) is 13.8. The average molecular weight is 278 g/mol. The number of aliphatic hydroxyl groups excluding tert-OH is 1. The quantitative estimate of drug-likeness (QED) is 0.931. The van der Waals surface area contributed by atoms with Gasteiger partial charge in [0.15, 0.2) is 0 Å². The smallest absolute Gasteiger partial charge is 0.137 e. The molecule has 1 aromatic carbocycles. The summed E-state index contributed by atoms with van der Waals surface area (Å²) in [5.41, 5.74) is 2.65. The van der Waals surface area contributed by atoms with E-state index < -0.39 is 6.10 Å². The van der Waals surface area contributed by atoms with E-state index in [9.17, 15) is 5.11 Å². The Kier molecular flexibility index (Phi) is 4.40. The van der Waals surface area contributed by atoms with Crippen LogP contribution < -0.4 is 4.74 Å². The predicted octanol–water partition coefficient (Wildman–Crippen LogP) is 3.39. The molecule has 2 rings (SSSR count). The van der Waals surface area contributed by atoms with Gasteiger partial charge in [-0.1, -0.05) is 24.6 Å². The van der Waals surface area contributed by atoms with Gasteiger partial charge in [-0.2, -0.15) is 0 Å². The van der Waals surface area contributed by atoms with Crippen molar-refractivity contribution in [3.63, 3.8) is 0 Å². The highest BCUT2D eigenvalue weighted by atomic mass is 35.5. The summed E-state index contributed by atoms with van der Waals surface area (Å²) < 4.78 is 5.17. The van der Waals surface area contributed by atoms with Gasteiger partial charge in [0.05, 0.1) is 12.1 Å². The summed E-state index contributed by atoms with van der Waals surface area (Å²) in [4.78, 5) is 4.08. The molecule has 0 fully saturated rings. The van der Waals surface area contributed by atoms with Crippen molar-refractivity contribution in [1.29, 1.82) is 0 Å². The Morgan fingerprint density at radius 2 is 2.16 bits per heavy atom. The van der Waals surface area contributed by atoms with Crippen LogP contribution in [0, 0.1) is 0 Å². The van der Waals surface area contributed by atoms with Crippen LogP contribution in [0.3, 0.4) is 0 Å². The minimum atomic E-state index is -0.705. The molecule has 1 atom stereocenters. The Labute approximate surface area is 117 Å². The molecule has 0 saturated heterocycles. The summed E-state index contributed by atoms with van der Waals surface area (Å²) in [5.74, 6) is 0.560. The highest BCUT2D eigenvalue weighted by Crippen LogP contribution is 2.31. The molecule has 0 aliphatic carbocycles. The van der Waals surface area contributed by atoms with Crippen LogP contribution in [0.15, 0.2) is 36.7 Å². The van der Waals surface area contributed by atoms with E-state index in [-0.39, 0.29) is 0 Å². The Bertz CT molecular complexity index is 572. The number of aromatic nitrogens is 1. The molecule has 0 amide bonds. The summed E-state index contributed by atoms with van der Waals surface area (Å²) in [6, 6.07) is 7.12. The number of hydrogen-bond acceptors (Lipinski definition) is 3. The fourth-order valence-electron chi connectivity index (χ4n) is 2.03. The van der Waals surface area contributed by atoms with Gasteiger partial charge in [0.1, 0.15) is 11.9 Å². The van der Waals surface area contributed by atoms with Crippen LogP contribution in [-0.2, 0) is 6.42 Å². The maximum absolute atomic E-state index is 10.5. The molecular formula is C15H16ClNO2. The Hall–Kier alpha value is -1.58. The van der Waals surface area contributed by atoms with Crippen LogP contribution in [0.2, 0.25) is 5.02 Å². The van der Waals surface area contributed by atoms with Crippen molar-refractivity contribution < 1.29 is 9.84 Å². The summed E-state index contributed by atoms with van der Waals surface area (Å²) >= 11 is 5.99. The summed E-state index contributed by atoms with van der Waals surface area (Å²) in [6.45, 7) is 2.04. The molecule has 19 heavy (non-hydrogen) atoms. The van der Waals surface area contributed by atoms with Gasteiger partial charge in [-0.25, -0.2) is 0 Å². The second-order valence-corrected chi connectivity index (χ2v) is 4.63. The molecule has 3 nitrogen and oxygen atoms in total. The van der Waals surface area contributed by atoms with Crippen molar-refractivity contribution >= 4 is 11.6 Å². The van der Waals surface area contributed by atoms with Crippen molar-refractivity contribution in [3.05, 3.63) is 58.4 Å². The van der Waals surface area contributed by atoms with Gasteiger partial charge in [0.2, 0.25) is 0 Å². The summed E-state index contributed by atoms with van der Waals surface area (Å²) in [6.07, 6.45) is 3.59. The van der Waals surface area contributed by atoms with Gasteiger partial charge in [0, 0.05) is 12.4 Å². The summed E-state index contributed by atoms with van der Waals surface area (Å²) in [5, 5.41) is 11.0. The van der Waals surface area contributed by atoms with E-state index in [0.717, 1.165) is 23.1 Å². The number of aliphatic hydroxyl groups is 1. The standard InChI is InChI=1S/C15H16ClNO2/c1-3-10-9-17-7-6-12(10)15(18)11-4-5-13(16)14(8-11)19-2/h4-9,15,18H,3H2,1-2H3. The maximum Gasteiger partial charge on any atom is 0.137 e. The Morgan fingerprint density at radius 1 is 1.37 bits per heavy atom. The van der Waals surface area contributed by atoms with Crippen LogP contribution in [-0.4, -0.2) is 17.2 Å². The molecule has 1 N–H and O–H groups in total. The fraction of sp³-hybridized carbons (Fsp3) is 0.267. The van der Waals surface area contributed by atoms with E-state index in [1.54, 1.807) is 37.7 Å². The van der Waals surface area contributed by atoms with Crippen molar-refractivity contribution in [1.82, 2.24) is 4.98 Å². The lowest BCUT2D eigenvalue weighted by Gasteiger charge is -2.16. The van der Waals surface area contributed by atoms with E-state index in [0.29, 0.717) is 10.8 Å². The molecule has 4 heteroatoms. The van der Waals surface area contributed by atoms with E-state index >= 15 is 0 Å². The third-order valence-corrected chi connectivity index (χ3v) is 3.42. The molecule has 1 heterocycles. The maximum atomic E-state index is 10.5. The van der Waals surface area contributed by atoms with Gasteiger partial charge in [-0.15, -0.1) is 0 Å². The minimum absolute atomic E-state index is 0.531. The number of pyridine rings is 1. The molecule has 0 radical (unpaired) electrons. The van der Waals surface area contributed by atoms with Crippen LogP contribution in [0.4, 0.5) is 0 Å². The van der Waals surface area contributed by atoms with Crippen LogP contribution in [0.5, 0.6) is 5.75 Å². The van der Waals surface area contributed by atoms with Crippen LogP contribution >= 0.6 is 11.6 Å². The summed E-state index contributed by atoms with van der Waals surface area (Å²) in [7, 11) is 1.56. The number of hydrogen-bond donors (Lipinski definition) is 1. The molecule has 0 bridgehead atoms. The average Bonchev–Trinajstić information content (AvgIpc) is 2.47. The van der Waals surface area contributed by atoms with Crippen molar-refractivity contribution in [2.45, 2.75) is 19.4 Å². The fourth-order valence-corrected chi connectivity index (χ4v) is 2.22. The van der Waals surface area contributed by atoms with Gasteiger partial charge in [0.25, 0.3) is 0 Å². The Balaban J connectivity index is 2.41. The molecular weight excluding hydrogens is 262 g/mol. The SMILES string of the molecule is CCc1cnccc1C(O)c1ccc(Cl)c(OC)c1. The third kappa shape index (κ3) is 2.88. The lowest BCUT2D eigenvalue weighted by molar-refractivity contribution is 0.218. The zero-order valence-electron chi connectivity index (χ0n) is 10.9. The number of halogens is 1. The van der Waals surface area contributed by atoms with E-state index in [4.69, 9.17) is 16.3 Å². The zero-order valence-corrected chi connectivity index (χ0v) is 11.7. The van der Waals surface area contributed by atoms with E-state index in [1.807, 2.05) is 13.0 Å². The molecule has 1 unspecified atom stereocenters. The number of rotatable bonds is 4. The minimum Gasteiger partial charge on any atom is -0.495 e. The number of ether oxygens (including phenoxy) is 1. The third-order valence-electron chi connectivity index (χ3n) is 3.11. The lowest BCUT2D eigenvalue weighted by Crippen LogP contribution is -2.04. The Morgan fingerprint density at radius 3 is 2.84 bits per heavy atom. The molecule has 100 valence electrons. The highest BCUT2D eigenvalue weighted by molar-refractivity contribution is 6.32. The first-order valence-electron chi connectivity index (χ1n) is 6.11. The molecule has 0 spiro atoms.